The van der Waals surface area contributed by atoms with Gasteiger partial charge in [-0.2, -0.15) is 0 Å². The molecule has 21 heavy (non-hydrogen) atoms. The smallest absolute Gasteiger partial charge is 0.367 e. The molecular weight excluding hydrogens is 318 g/mol. The average Bonchev–Trinajstić information content (AvgIpc) is 2.53. The van der Waals surface area contributed by atoms with Gasteiger partial charge in [0.2, 0.25) is 0 Å². The Kier molecular flexibility index (Phi) is 6.32. The van der Waals surface area contributed by atoms with Crippen LogP contribution in [-0.4, -0.2) is 38.6 Å². The summed E-state index contributed by atoms with van der Waals surface area (Å²) in [6.45, 7) is 0. The fourth-order valence-corrected chi connectivity index (χ4v) is 6.35. The zero-order valence-corrected chi connectivity index (χ0v) is 14.2. The summed E-state index contributed by atoms with van der Waals surface area (Å²) in [4.78, 5) is 0. The van der Waals surface area contributed by atoms with E-state index in [1.165, 1.54) is 0 Å². The van der Waals surface area contributed by atoms with E-state index in [0.29, 0.717) is 5.56 Å². The van der Waals surface area contributed by atoms with Crippen molar-refractivity contribution in [2.75, 3.05) is 28.4 Å². The lowest BCUT2D eigenvalue weighted by Gasteiger charge is -2.36. The van der Waals surface area contributed by atoms with E-state index in [9.17, 15) is 14.2 Å². The first-order valence-corrected chi connectivity index (χ1v) is 9.10. The maximum atomic E-state index is 12.7. The summed E-state index contributed by atoms with van der Waals surface area (Å²) in [6, 6.07) is 8.59. The molecule has 0 amide bonds. The van der Waals surface area contributed by atoms with Crippen molar-refractivity contribution in [3.63, 3.8) is 0 Å². The van der Waals surface area contributed by atoms with Crippen LogP contribution in [0.4, 0.5) is 0 Å². The van der Waals surface area contributed by atoms with E-state index in [4.69, 9.17) is 18.1 Å². The summed E-state index contributed by atoms with van der Waals surface area (Å²) >= 11 is 0. The van der Waals surface area contributed by atoms with Crippen LogP contribution in [0.5, 0.6) is 0 Å². The van der Waals surface area contributed by atoms with Crippen LogP contribution >= 0.6 is 15.2 Å². The predicted molar refractivity (Wildman–Crippen MR) is 78.3 cm³/mol. The molecule has 1 aromatic carbocycles. The van der Waals surface area contributed by atoms with Gasteiger partial charge in [-0.25, -0.2) is 0 Å². The topological polar surface area (TPSA) is 91.3 Å². The van der Waals surface area contributed by atoms with Gasteiger partial charge >= 0.3 is 15.2 Å². The molecule has 0 aliphatic rings. The van der Waals surface area contributed by atoms with Crippen LogP contribution in [0.25, 0.3) is 0 Å². The molecule has 0 heterocycles. The molecule has 1 aromatic rings. The Hall–Kier alpha value is -0.520. The normalized spacial score (nSPS) is 13.4. The Morgan fingerprint density at radius 2 is 1.29 bits per heavy atom. The lowest BCUT2D eigenvalue weighted by molar-refractivity contribution is 0.103. The SMILES string of the molecule is COP(=O)(OC)C(O)(Cc1ccccc1)P(=O)(OC)OC. The molecule has 0 atom stereocenters. The number of rotatable bonds is 8. The molecule has 7 nitrogen and oxygen atoms in total. The maximum absolute atomic E-state index is 12.7. The molecule has 120 valence electrons. The molecule has 0 radical (unpaired) electrons. The monoisotopic (exact) mass is 338 g/mol. The van der Waals surface area contributed by atoms with Crippen molar-refractivity contribution in [2.45, 2.75) is 11.5 Å². The Balaban J connectivity index is 3.43. The lowest BCUT2D eigenvalue weighted by atomic mass is 10.2. The summed E-state index contributed by atoms with van der Waals surface area (Å²) in [7, 11) is -3.99. The van der Waals surface area contributed by atoms with Gasteiger partial charge in [-0.15, -0.1) is 0 Å². The zero-order valence-electron chi connectivity index (χ0n) is 12.4. The van der Waals surface area contributed by atoms with Gasteiger partial charge in [-0.3, -0.25) is 9.13 Å². The largest absolute Gasteiger partial charge is 0.374 e. The van der Waals surface area contributed by atoms with Crippen LogP contribution in [0.15, 0.2) is 30.3 Å². The molecule has 0 bridgehead atoms. The third-order valence-corrected chi connectivity index (χ3v) is 8.59. The second-order valence-corrected chi connectivity index (χ2v) is 9.44. The van der Waals surface area contributed by atoms with Crippen LogP contribution in [0.2, 0.25) is 0 Å². The highest BCUT2D eigenvalue weighted by atomic mass is 31.2. The van der Waals surface area contributed by atoms with Crippen LogP contribution in [0, 0.1) is 0 Å². The molecule has 1 N–H and O–H groups in total. The molecule has 0 aliphatic carbocycles. The lowest BCUT2D eigenvalue weighted by Crippen LogP contribution is -2.34. The second-order valence-electron chi connectivity index (χ2n) is 4.16. The number of aliphatic hydroxyl groups is 1. The number of hydrogen-bond acceptors (Lipinski definition) is 7. The zero-order chi connectivity index (χ0) is 16.1. The second kappa shape index (κ2) is 7.16. The molecule has 1 rings (SSSR count). The molecule has 0 saturated carbocycles. The van der Waals surface area contributed by atoms with Crippen LogP contribution in [0.1, 0.15) is 5.56 Å². The van der Waals surface area contributed by atoms with Crippen molar-refractivity contribution in [3.05, 3.63) is 35.9 Å². The van der Waals surface area contributed by atoms with E-state index in [1.54, 1.807) is 30.3 Å². The van der Waals surface area contributed by atoms with Gasteiger partial charge in [0.1, 0.15) is 0 Å². The van der Waals surface area contributed by atoms with Gasteiger partial charge in [0.15, 0.2) is 0 Å². The summed E-state index contributed by atoms with van der Waals surface area (Å²) in [5.74, 6) is 0. The van der Waals surface area contributed by atoms with Crippen LogP contribution < -0.4 is 0 Å². The first-order chi connectivity index (χ1) is 9.82. The minimum Gasteiger partial charge on any atom is -0.367 e. The standard InChI is InChI=1S/C12H20O7P2/c1-16-20(14,17-2)12(13,21(15,18-3)19-4)10-11-8-6-5-7-9-11/h5-9,13H,10H2,1-4H3. The number of benzene rings is 1. The quantitative estimate of drug-likeness (QED) is 0.729. The van der Waals surface area contributed by atoms with E-state index >= 15 is 0 Å². The third-order valence-electron chi connectivity index (χ3n) is 3.12. The third kappa shape index (κ3) is 3.30. The average molecular weight is 338 g/mol. The van der Waals surface area contributed by atoms with Crippen molar-refractivity contribution in [1.82, 2.24) is 0 Å². The van der Waals surface area contributed by atoms with E-state index < -0.39 is 20.3 Å². The summed E-state index contributed by atoms with van der Waals surface area (Å²) < 4.78 is 44.7. The highest BCUT2D eigenvalue weighted by Gasteiger charge is 2.63. The molecular formula is C12H20O7P2. The highest BCUT2D eigenvalue weighted by molar-refractivity contribution is 7.73. The molecule has 0 aromatic heterocycles. The fourth-order valence-electron chi connectivity index (χ4n) is 1.95. The van der Waals surface area contributed by atoms with E-state index in [1.807, 2.05) is 0 Å². The minimum absolute atomic E-state index is 0.286. The Labute approximate surface area is 124 Å². The van der Waals surface area contributed by atoms with Gasteiger partial charge in [0.05, 0.1) is 0 Å². The Bertz CT molecular complexity index is 504. The highest BCUT2D eigenvalue weighted by Crippen LogP contribution is 2.76. The van der Waals surface area contributed by atoms with Crippen LogP contribution in [-0.2, 0) is 33.6 Å². The molecule has 0 saturated heterocycles. The Morgan fingerprint density at radius 1 is 0.905 bits per heavy atom. The fraction of sp³-hybridized carbons (Fsp3) is 0.500. The molecule has 0 fully saturated rings. The van der Waals surface area contributed by atoms with Gasteiger partial charge < -0.3 is 23.2 Å². The van der Waals surface area contributed by atoms with Crippen molar-refractivity contribution in [2.24, 2.45) is 0 Å². The van der Waals surface area contributed by atoms with Crippen molar-refractivity contribution in [1.29, 1.82) is 0 Å². The summed E-state index contributed by atoms with van der Waals surface area (Å²) in [6.07, 6.45) is -0.286. The summed E-state index contributed by atoms with van der Waals surface area (Å²) in [5, 5.41) is 8.41. The first-order valence-electron chi connectivity index (χ1n) is 6.02. The molecule has 0 unspecified atom stereocenters. The maximum Gasteiger partial charge on any atom is 0.374 e. The van der Waals surface area contributed by atoms with Crippen molar-refractivity contribution in [3.8, 4) is 0 Å². The molecule has 0 aliphatic heterocycles. The van der Waals surface area contributed by atoms with Gasteiger partial charge in [-0.05, 0) is 5.56 Å². The van der Waals surface area contributed by atoms with Gasteiger partial charge in [0, 0.05) is 34.9 Å². The van der Waals surface area contributed by atoms with Gasteiger partial charge in [-0.1, -0.05) is 30.3 Å². The first kappa shape index (κ1) is 18.5. The van der Waals surface area contributed by atoms with E-state index in [-0.39, 0.29) is 6.42 Å². The predicted octanol–water partition coefficient (Wildman–Crippen LogP) is 2.85. The minimum atomic E-state index is -4.18. The number of hydrogen-bond donors (Lipinski definition) is 1. The van der Waals surface area contributed by atoms with Gasteiger partial charge in [0.25, 0.3) is 5.08 Å². The van der Waals surface area contributed by atoms with Crippen molar-refractivity contribution < 1.29 is 32.3 Å². The van der Waals surface area contributed by atoms with Crippen molar-refractivity contribution >= 4 is 15.2 Å². The van der Waals surface area contributed by atoms with Crippen LogP contribution in [0.3, 0.4) is 0 Å². The molecule has 0 spiro atoms. The van der Waals surface area contributed by atoms with E-state index in [0.717, 1.165) is 28.4 Å². The van der Waals surface area contributed by atoms with E-state index in [2.05, 4.69) is 0 Å². The molecule has 9 heteroatoms. The Morgan fingerprint density at radius 3 is 1.62 bits per heavy atom. The summed E-state index contributed by atoms with van der Waals surface area (Å²) in [5.41, 5.74) is 0.573.